The fourth-order valence-corrected chi connectivity index (χ4v) is 3.96. The van der Waals surface area contributed by atoms with E-state index in [-0.39, 0.29) is 35.4 Å². The summed E-state index contributed by atoms with van der Waals surface area (Å²) in [4.78, 5) is 10.6. The molecular formula is C20H25ClFN7O. The summed E-state index contributed by atoms with van der Waals surface area (Å²) in [7, 11) is 1.92. The van der Waals surface area contributed by atoms with Gasteiger partial charge in [0.05, 0.1) is 42.2 Å². The summed E-state index contributed by atoms with van der Waals surface area (Å²) in [6.07, 6.45) is 4.81. The normalized spacial score (nSPS) is 26.6. The third-order valence-electron chi connectivity index (χ3n) is 5.86. The minimum absolute atomic E-state index is 0.115. The summed E-state index contributed by atoms with van der Waals surface area (Å²) in [5.41, 5.74) is 1.59. The third-order valence-corrected chi connectivity index (χ3v) is 6.12. The van der Waals surface area contributed by atoms with Crippen LogP contribution in [0.2, 0.25) is 5.02 Å². The molecule has 0 bridgehead atoms. The van der Waals surface area contributed by atoms with Gasteiger partial charge in [0, 0.05) is 18.7 Å². The van der Waals surface area contributed by atoms with Crippen LogP contribution in [0.1, 0.15) is 31.0 Å². The van der Waals surface area contributed by atoms with Crippen molar-refractivity contribution in [1.82, 2.24) is 24.6 Å². The van der Waals surface area contributed by atoms with E-state index in [2.05, 4.69) is 26.5 Å². The molecule has 2 aromatic rings. The Bertz CT molecular complexity index is 940. The smallest absolute Gasteiger partial charge is 0.237 e. The molecule has 10 heteroatoms. The van der Waals surface area contributed by atoms with E-state index >= 15 is 0 Å². The number of alkyl halides is 1. The van der Waals surface area contributed by atoms with Crippen molar-refractivity contribution >= 4 is 23.2 Å². The van der Waals surface area contributed by atoms with Crippen LogP contribution in [0.25, 0.3) is 0 Å². The highest BCUT2D eigenvalue weighted by molar-refractivity contribution is 6.31. The Morgan fingerprint density at radius 2 is 2.23 bits per heavy atom. The molecule has 2 fully saturated rings. The Hall–Kier alpha value is -2.44. The SMILES string of the molecule is Cc1nn(C2CC(C#N)C2)cc1Nc1ncc(Cl)c(OCC2CCN(C)CC2F)n1. The number of anilines is 2. The van der Waals surface area contributed by atoms with Crippen LogP contribution in [-0.4, -0.2) is 57.6 Å². The number of nitrogens with one attached hydrogen (secondary N) is 1. The molecular weight excluding hydrogens is 409 g/mol. The van der Waals surface area contributed by atoms with Crippen molar-refractivity contribution in [2.75, 3.05) is 32.1 Å². The van der Waals surface area contributed by atoms with Crippen LogP contribution >= 0.6 is 11.6 Å². The minimum atomic E-state index is -0.928. The molecule has 8 nitrogen and oxygen atoms in total. The monoisotopic (exact) mass is 433 g/mol. The number of ether oxygens (including phenoxy) is 1. The number of aromatic nitrogens is 4. The summed E-state index contributed by atoms with van der Waals surface area (Å²) >= 11 is 6.18. The summed E-state index contributed by atoms with van der Waals surface area (Å²) in [6.45, 7) is 3.38. The summed E-state index contributed by atoms with van der Waals surface area (Å²) in [5, 5.41) is 16.9. The standard InChI is InChI=1S/C20H25ClFN7O/c1-12-18(10-29(27-12)15-5-13(6-15)7-23)25-20-24-8-16(21)19(26-20)30-11-14-3-4-28(2)9-17(14)22/h8,10,13-15,17H,3-6,9,11H2,1-2H3,(H,24,25,26). The quantitative estimate of drug-likeness (QED) is 0.744. The largest absolute Gasteiger partial charge is 0.476 e. The molecule has 1 aliphatic heterocycles. The van der Waals surface area contributed by atoms with E-state index in [1.54, 1.807) is 0 Å². The number of hydrogen-bond acceptors (Lipinski definition) is 7. The van der Waals surface area contributed by atoms with Crippen LogP contribution in [0.3, 0.4) is 0 Å². The topological polar surface area (TPSA) is 91.9 Å². The molecule has 1 saturated carbocycles. The van der Waals surface area contributed by atoms with Crippen LogP contribution in [0.15, 0.2) is 12.4 Å². The van der Waals surface area contributed by atoms with Gasteiger partial charge >= 0.3 is 0 Å². The van der Waals surface area contributed by atoms with E-state index in [1.807, 2.05) is 29.7 Å². The molecule has 2 unspecified atom stereocenters. The average Bonchev–Trinajstić information content (AvgIpc) is 3.02. The number of likely N-dealkylation sites (tertiary alicyclic amines) is 1. The number of nitrogens with zero attached hydrogens (tertiary/aromatic N) is 6. The lowest BCUT2D eigenvalue weighted by molar-refractivity contribution is 0.0682. The van der Waals surface area contributed by atoms with Crippen molar-refractivity contribution in [1.29, 1.82) is 5.26 Å². The van der Waals surface area contributed by atoms with Gasteiger partial charge < -0.3 is 15.0 Å². The maximum atomic E-state index is 14.2. The molecule has 2 aliphatic rings. The van der Waals surface area contributed by atoms with Crippen molar-refractivity contribution in [2.24, 2.45) is 11.8 Å². The Kier molecular flexibility index (Phi) is 6.06. The number of aryl methyl sites for hydroxylation is 1. The van der Waals surface area contributed by atoms with Crippen LogP contribution in [0, 0.1) is 30.1 Å². The molecule has 1 N–H and O–H groups in total. The van der Waals surface area contributed by atoms with Crippen LogP contribution in [0.4, 0.5) is 16.0 Å². The second-order valence-electron chi connectivity index (χ2n) is 8.17. The van der Waals surface area contributed by atoms with E-state index in [0.717, 1.165) is 37.2 Å². The number of rotatable bonds is 6. The van der Waals surface area contributed by atoms with Crippen molar-refractivity contribution < 1.29 is 9.13 Å². The molecule has 4 rings (SSSR count). The van der Waals surface area contributed by atoms with Gasteiger partial charge in [-0.1, -0.05) is 11.6 Å². The van der Waals surface area contributed by atoms with Gasteiger partial charge in [-0.25, -0.2) is 9.37 Å². The van der Waals surface area contributed by atoms with Gasteiger partial charge in [0.1, 0.15) is 11.2 Å². The second-order valence-corrected chi connectivity index (χ2v) is 8.58. The molecule has 1 saturated heterocycles. The zero-order valence-electron chi connectivity index (χ0n) is 17.1. The first-order valence-corrected chi connectivity index (χ1v) is 10.5. The zero-order chi connectivity index (χ0) is 21.3. The van der Waals surface area contributed by atoms with Crippen LogP contribution < -0.4 is 10.1 Å². The van der Waals surface area contributed by atoms with E-state index in [0.29, 0.717) is 12.5 Å². The molecule has 160 valence electrons. The van der Waals surface area contributed by atoms with Crippen LogP contribution in [-0.2, 0) is 0 Å². The van der Waals surface area contributed by atoms with Gasteiger partial charge in [-0.15, -0.1) is 0 Å². The second kappa shape index (κ2) is 8.74. The zero-order valence-corrected chi connectivity index (χ0v) is 17.8. The maximum absolute atomic E-state index is 14.2. The molecule has 2 atom stereocenters. The first-order chi connectivity index (χ1) is 14.4. The molecule has 3 heterocycles. The lowest BCUT2D eigenvalue weighted by Crippen LogP contribution is -2.41. The lowest BCUT2D eigenvalue weighted by atomic mass is 9.81. The third kappa shape index (κ3) is 4.50. The van der Waals surface area contributed by atoms with Crippen molar-refractivity contribution in [3.8, 4) is 11.9 Å². The van der Waals surface area contributed by atoms with E-state index in [4.69, 9.17) is 21.6 Å². The average molecular weight is 434 g/mol. The number of piperidine rings is 1. The van der Waals surface area contributed by atoms with Crippen molar-refractivity contribution in [3.05, 3.63) is 23.1 Å². The van der Waals surface area contributed by atoms with E-state index in [1.165, 1.54) is 6.20 Å². The highest BCUT2D eigenvalue weighted by atomic mass is 35.5. The molecule has 0 spiro atoms. The Balaban J connectivity index is 1.40. The molecule has 0 amide bonds. The fourth-order valence-electron chi connectivity index (χ4n) is 3.81. The van der Waals surface area contributed by atoms with Gasteiger partial charge in [-0.05, 0) is 39.8 Å². The molecule has 0 aromatic carbocycles. The molecule has 0 radical (unpaired) electrons. The molecule has 30 heavy (non-hydrogen) atoms. The lowest BCUT2D eigenvalue weighted by Gasteiger charge is -2.31. The van der Waals surface area contributed by atoms with Crippen molar-refractivity contribution in [2.45, 2.75) is 38.4 Å². The highest BCUT2D eigenvalue weighted by Crippen LogP contribution is 2.37. The summed E-state index contributed by atoms with van der Waals surface area (Å²) in [6, 6.07) is 2.53. The van der Waals surface area contributed by atoms with Gasteiger partial charge in [-0.3, -0.25) is 4.68 Å². The van der Waals surface area contributed by atoms with E-state index in [9.17, 15) is 4.39 Å². The Morgan fingerprint density at radius 3 is 2.97 bits per heavy atom. The maximum Gasteiger partial charge on any atom is 0.237 e. The summed E-state index contributed by atoms with van der Waals surface area (Å²) < 4.78 is 21.9. The number of nitriles is 1. The van der Waals surface area contributed by atoms with Gasteiger partial charge in [-0.2, -0.15) is 15.3 Å². The minimum Gasteiger partial charge on any atom is -0.476 e. The first-order valence-electron chi connectivity index (χ1n) is 10.1. The van der Waals surface area contributed by atoms with Crippen LogP contribution in [0.5, 0.6) is 5.88 Å². The first kappa shape index (κ1) is 20.8. The Labute approximate surface area is 180 Å². The van der Waals surface area contributed by atoms with E-state index < -0.39 is 6.17 Å². The fraction of sp³-hybridized carbons (Fsp3) is 0.600. The summed E-state index contributed by atoms with van der Waals surface area (Å²) in [5.74, 6) is 0.509. The predicted molar refractivity (Wildman–Crippen MR) is 111 cm³/mol. The van der Waals surface area contributed by atoms with Gasteiger partial charge in [0.25, 0.3) is 0 Å². The number of hydrogen-bond donors (Lipinski definition) is 1. The highest BCUT2D eigenvalue weighted by Gasteiger charge is 2.31. The molecule has 2 aromatic heterocycles. The van der Waals surface area contributed by atoms with Gasteiger partial charge in [0.15, 0.2) is 0 Å². The predicted octanol–water partition coefficient (Wildman–Crippen LogP) is 3.52. The number of halogens is 2. The van der Waals surface area contributed by atoms with Crippen molar-refractivity contribution in [3.63, 3.8) is 0 Å². The molecule has 1 aliphatic carbocycles. The Morgan fingerprint density at radius 1 is 1.43 bits per heavy atom. The van der Waals surface area contributed by atoms with Gasteiger partial charge in [0.2, 0.25) is 11.8 Å².